The van der Waals surface area contributed by atoms with Gasteiger partial charge in [-0.05, 0) is 11.6 Å². The smallest absolute Gasteiger partial charge is 0.210 e. The average molecular weight is 275 g/mol. The van der Waals surface area contributed by atoms with Gasteiger partial charge < -0.3 is 5.73 Å². The molecule has 102 valence electrons. The third-order valence-corrected chi connectivity index (χ3v) is 3.44. The molecule has 0 bridgehead atoms. The molecule has 1 aliphatic carbocycles. The van der Waals surface area contributed by atoms with Gasteiger partial charge in [0.1, 0.15) is 0 Å². The lowest BCUT2D eigenvalue weighted by Gasteiger charge is -2.16. The zero-order chi connectivity index (χ0) is 14.8. The van der Waals surface area contributed by atoms with E-state index in [4.69, 9.17) is 5.73 Å². The van der Waals surface area contributed by atoms with Gasteiger partial charge in [0.05, 0.1) is 5.70 Å². The molecular formula is C18H13NO2. The minimum absolute atomic E-state index is 0.00545. The van der Waals surface area contributed by atoms with Gasteiger partial charge in [0.2, 0.25) is 5.78 Å². The van der Waals surface area contributed by atoms with Crippen LogP contribution in [0.1, 0.15) is 26.3 Å². The summed E-state index contributed by atoms with van der Waals surface area (Å²) < 4.78 is 0. The molecule has 0 saturated carbocycles. The first-order valence-corrected chi connectivity index (χ1v) is 6.60. The number of carbonyl (C=O) groups excluding carboxylic acids is 2. The zero-order valence-corrected chi connectivity index (χ0v) is 11.2. The predicted octanol–water partition coefficient (Wildman–Crippen LogP) is 2.99. The Balaban J connectivity index is 2.03. The Kier molecular flexibility index (Phi) is 3.24. The lowest BCUT2D eigenvalue weighted by atomic mass is 9.87. The minimum Gasteiger partial charge on any atom is -0.395 e. The molecule has 0 heterocycles. The van der Waals surface area contributed by atoms with Gasteiger partial charge in [0.25, 0.3) is 0 Å². The fraction of sp³-hybridized carbons (Fsp3) is 0. The molecule has 2 aromatic rings. The van der Waals surface area contributed by atoms with E-state index in [1.165, 1.54) is 0 Å². The van der Waals surface area contributed by atoms with Gasteiger partial charge in [0.15, 0.2) is 5.78 Å². The second-order valence-electron chi connectivity index (χ2n) is 4.78. The number of fused-ring (bicyclic) bond motifs is 1. The maximum atomic E-state index is 12.5. The number of rotatable bonds is 2. The number of Topliss-reactive ketones (excluding diaryl/α,β-unsaturated/α-hetero) is 2. The number of nitrogens with two attached hydrogens (primary N) is 1. The van der Waals surface area contributed by atoms with Crippen molar-refractivity contribution < 1.29 is 9.59 Å². The number of benzene rings is 2. The van der Waals surface area contributed by atoms with Gasteiger partial charge in [0, 0.05) is 16.7 Å². The number of allylic oxidation sites excluding steroid dienone is 3. The molecule has 2 N–H and O–H groups in total. The second kappa shape index (κ2) is 5.21. The van der Waals surface area contributed by atoms with Gasteiger partial charge in [-0.3, -0.25) is 9.59 Å². The first kappa shape index (κ1) is 13.1. The van der Waals surface area contributed by atoms with E-state index in [1.54, 1.807) is 36.4 Å². The molecule has 0 radical (unpaired) electrons. The van der Waals surface area contributed by atoms with Crippen molar-refractivity contribution in [3.63, 3.8) is 0 Å². The summed E-state index contributed by atoms with van der Waals surface area (Å²) in [7, 11) is 0. The van der Waals surface area contributed by atoms with Crippen molar-refractivity contribution in [2.24, 2.45) is 5.73 Å². The summed E-state index contributed by atoms with van der Waals surface area (Å²) in [5.41, 5.74) is 7.83. The number of hydrogen-bond donors (Lipinski definition) is 1. The molecule has 0 aromatic heterocycles. The van der Waals surface area contributed by atoms with Crippen LogP contribution in [0, 0.1) is 0 Å². The third kappa shape index (κ3) is 2.30. The lowest BCUT2D eigenvalue weighted by molar-refractivity contribution is 0.0976. The molecule has 0 spiro atoms. The summed E-state index contributed by atoms with van der Waals surface area (Å²) in [5.74, 6) is -0.507. The van der Waals surface area contributed by atoms with Crippen molar-refractivity contribution in [2.75, 3.05) is 0 Å². The molecule has 0 unspecified atom stereocenters. The van der Waals surface area contributed by atoms with E-state index in [0.717, 1.165) is 5.56 Å². The third-order valence-electron chi connectivity index (χ3n) is 3.44. The van der Waals surface area contributed by atoms with Crippen LogP contribution in [0.4, 0.5) is 0 Å². The topological polar surface area (TPSA) is 60.2 Å². The van der Waals surface area contributed by atoms with Gasteiger partial charge in [-0.2, -0.15) is 0 Å². The van der Waals surface area contributed by atoms with Gasteiger partial charge in [-0.1, -0.05) is 60.7 Å². The quantitative estimate of drug-likeness (QED) is 0.916. The molecule has 0 saturated heterocycles. The highest BCUT2D eigenvalue weighted by Crippen LogP contribution is 2.25. The van der Waals surface area contributed by atoms with Crippen molar-refractivity contribution in [1.29, 1.82) is 0 Å². The zero-order valence-electron chi connectivity index (χ0n) is 11.2. The van der Waals surface area contributed by atoms with Crippen LogP contribution < -0.4 is 5.73 Å². The highest BCUT2D eigenvalue weighted by molar-refractivity contribution is 6.27. The Morgan fingerprint density at radius 3 is 1.95 bits per heavy atom. The summed E-state index contributed by atoms with van der Waals surface area (Å²) in [6.45, 7) is 0. The lowest BCUT2D eigenvalue weighted by Crippen LogP contribution is -2.25. The van der Waals surface area contributed by atoms with Crippen LogP contribution in [0.2, 0.25) is 0 Å². The highest BCUT2D eigenvalue weighted by atomic mass is 16.1. The minimum atomic E-state index is -0.294. The summed E-state index contributed by atoms with van der Waals surface area (Å²) in [6, 6.07) is 16.3. The Hall–Kier alpha value is -2.94. The van der Waals surface area contributed by atoms with Gasteiger partial charge >= 0.3 is 0 Å². The Morgan fingerprint density at radius 2 is 1.29 bits per heavy atom. The van der Waals surface area contributed by atoms with E-state index in [-0.39, 0.29) is 22.8 Å². The first-order chi connectivity index (χ1) is 10.2. The molecular weight excluding hydrogens is 262 g/mol. The van der Waals surface area contributed by atoms with Crippen molar-refractivity contribution in [2.45, 2.75) is 0 Å². The van der Waals surface area contributed by atoms with E-state index in [1.807, 2.05) is 30.3 Å². The standard InChI is InChI=1S/C18H13NO2/c19-16-15(11-10-12-6-2-1-3-7-12)17(20)13-8-4-5-9-14(13)18(16)21/h1-11H,19H2/b11-10+. The fourth-order valence-corrected chi connectivity index (χ4v) is 2.32. The molecule has 21 heavy (non-hydrogen) atoms. The SMILES string of the molecule is NC1=C(/C=C/c2ccccc2)C(=O)c2ccccc2C1=O. The summed E-state index contributed by atoms with van der Waals surface area (Å²) in [6.07, 6.45) is 3.39. The number of ketones is 2. The Morgan fingerprint density at radius 1 is 0.714 bits per heavy atom. The van der Waals surface area contributed by atoms with E-state index in [9.17, 15) is 9.59 Å². The molecule has 3 heteroatoms. The first-order valence-electron chi connectivity index (χ1n) is 6.60. The maximum absolute atomic E-state index is 12.5. The molecule has 0 atom stereocenters. The maximum Gasteiger partial charge on any atom is 0.210 e. The molecule has 0 fully saturated rings. The number of hydrogen-bond acceptors (Lipinski definition) is 3. The van der Waals surface area contributed by atoms with Crippen molar-refractivity contribution in [3.8, 4) is 0 Å². The fourth-order valence-electron chi connectivity index (χ4n) is 2.32. The molecule has 0 aliphatic heterocycles. The van der Waals surface area contributed by atoms with Gasteiger partial charge in [-0.15, -0.1) is 0 Å². The summed E-state index contributed by atoms with van der Waals surface area (Å²) in [5, 5.41) is 0. The van der Waals surface area contributed by atoms with Crippen LogP contribution in [0.5, 0.6) is 0 Å². The molecule has 0 amide bonds. The van der Waals surface area contributed by atoms with Crippen molar-refractivity contribution in [1.82, 2.24) is 0 Å². The predicted molar refractivity (Wildman–Crippen MR) is 81.8 cm³/mol. The van der Waals surface area contributed by atoms with Gasteiger partial charge in [-0.25, -0.2) is 0 Å². The van der Waals surface area contributed by atoms with Crippen LogP contribution >= 0.6 is 0 Å². The Labute approximate surface area is 122 Å². The van der Waals surface area contributed by atoms with Crippen LogP contribution in [0.25, 0.3) is 6.08 Å². The van der Waals surface area contributed by atoms with E-state index in [2.05, 4.69) is 0 Å². The monoisotopic (exact) mass is 275 g/mol. The largest absolute Gasteiger partial charge is 0.395 e. The number of carbonyl (C=O) groups is 2. The van der Waals surface area contributed by atoms with Crippen LogP contribution in [0.15, 0.2) is 71.9 Å². The summed E-state index contributed by atoms with van der Waals surface area (Å²) >= 11 is 0. The van der Waals surface area contributed by atoms with Crippen molar-refractivity contribution >= 4 is 17.6 Å². The summed E-state index contributed by atoms with van der Waals surface area (Å²) in [4.78, 5) is 24.7. The highest BCUT2D eigenvalue weighted by Gasteiger charge is 2.28. The molecule has 2 aromatic carbocycles. The van der Waals surface area contributed by atoms with Crippen LogP contribution in [0.3, 0.4) is 0 Å². The van der Waals surface area contributed by atoms with Crippen molar-refractivity contribution in [3.05, 3.63) is 88.6 Å². The molecule has 1 aliphatic rings. The Bertz CT molecular complexity index is 786. The van der Waals surface area contributed by atoms with E-state index >= 15 is 0 Å². The van der Waals surface area contributed by atoms with Crippen LogP contribution in [-0.4, -0.2) is 11.6 Å². The normalized spacial score (nSPS) is 14.7. The second-order valence-corrected chi connectivity index (χ2v) is 4.78. The van der Waals surface area contributed by atoms with Crippen LogP contribution in [-0.2, 0) is 0 Å². The van der Waals surface area contributed by atoms with E-state index in [0.29, 0.717) is 11.1 Å². The average Bonchev–Trinajstić information content (AvgIpc) is 2.54. The molecule has 3 rings (SSSR count). The van der Waals surface area contributed by atoms with E-state index < -0.39 is 0 Å². The molecule has 3 nitrogen and oxygen atoms in total.